The second-order valence-corrected chi connectivity index (χ2v) is 8.80. The van der Waals surface area contributed by atoms with Crippen molar-refractivity contribution in [1.29, 1.82) is 0 Å². The summed E-state index contributed by atoms with van der Waals surface area (Å²) < 4.78 is 5.25. The molecule has 0 radical (unpaired) electrons. The standard InChI is InChI=1S/C22H35N3O3/c1-28-21-6-4-18(5-7-21)23-12-9-22(27,10-13-23)17-25-16-19-3-2-11-24(19)15-20(25)8-14-26/h4-7,19-20,26-27H,2-3,8-17H2,1H3/t19-,20+/m1/s1. The third-order valence-corrected chi connectivity index (χ3v) is 7.00. The molecule has 0 amide bonds. The van der Waals surface area contributed by atoms with Gasteiger partial charge in [0.15, 0.2) is 0 Å². The largest absolute Gasteiger partial charge is 0.497 e. The van der Waals surface area contributed by atoms with Crippen molar-refractivity contribution in [3.63, 3.8) is 0 Å². The summed E-state index contributed by atoms with van der Waals surface area (Å²) in [5.41, 5.74) is 0.567. The van der Waals surface area contributed by atoms with Gasteiger partial charge < -0.3 is 19.8 Å². The van der Waals surface area contributed by atoms with Crippen LogP contribution in [0.15, 0.2) is 24.3 Å². The van der Waals surface area contributed by atoms with Crippen molar-refractivity contribution in [2.24, 2.45) is 0 Å². The third kappa shape index (κ3) is 4.30. The minimum absolute atomic E-state index is 0.226. The molecule has 4 rings (SSSR count). The number of rotatable bonds is 6. The monoisotopic (exact) mass is 389 g/mol. The molecule has 3 aliphatic heterocycles. The van der Waals surface area contributed by atoms with E-state index in [9.17, 15) is 10.2 Å². The highest BCUT2D eigenvalue weighted by Crippen LogP contribution is 2.32. The maximum absolute atomic E-state index is 11.3. The summed E-state index contributed by atoms with van der Waals surface area (Å²) in [6, 6.07) is 9.19. The summed E-state index contributed by atoms with van der Waals surface area (Å²) in [5, 5.41) is 20.9. The lowest BCUT2D eigenvalue weighted by Gasteiger charge is -2.48. The van der Waals surface area contributed by atoms with Gasteiger partial charge in [0.2, 0.25) is 0 Å². The zero-order valence-corrected chi connectivity index (χ0v) is 17.1. The molecule has 28 heavy (non-hydrogen) atoms. The summed E-state index contributed by atoms with van der Waals surface area (Å²) in [5.74, 6) is 0.873. The lowest BCUT2D eigenvalue weighted by Crippen LogP contribution is -2.61. The maximum atomic E-state index is 11.3. The number of fused-ring (bicyclic) bond motifs is 1. The lowest BCUT2D eigenvalue weighted by atomic mass is 9.89. The van der Waals surface area contributed by atoms with Gasteiger partial charge >= 0.3 is 0 Å². The zero-order chi connectivity index (χ0) is 19.6. The quantitative estimate of drug-likeness (QED) is 0.770. The first-order valence-electron chi connectivity index (χ1n) is 10.8. The molecule has 6 heteroatoms. The van der Waals surface area contributed by atoms with E-state index in [0.29, 0.717) is 12.1 Å². The number of methoxy groups -OCH3 is 1. The van der Waals surface area contributed by atoms with Crippen LogP contribution in [0.4, 0.5) is 5.69 Å². The number of hydrogen-bond donors (Lipinski definition) is 2. The van der Waals surface area contributed by atoms with E-state index >= 15 is 0 Å². The second kappa shape index (κ2) is 8.57. The molecule has 1 aromatic rings. The minimum Gasteiger partial charge on any atom is -0.497 e. The topological polar surface area (TPSA) is 59.4 Å². The number of anilines is 1. The van der Waals surface area contributed by atoms with Crippen LogP contribution in [0.1, 0.15) is 32.1 Å². The van der Waals surface area contributed by atoms with E-state index < -0.39 is 5.60 Å². The van der Waals surface area contributed by atoms with Crippen molar-refractivity contribution in [3.8, 4) is 5.75 Å². The molecule has 0 unspecified atom stereocenters. The molecule has 0 spiro atoms. The van der Waals surface area contributed by atoms with Gasteiger partial charge in [-0.25, -0.2) is 0 Å². The van der Waals surface area contributed by atoms with Gasteiger partial charge in [-0.15, -0.1) is 0 Å². The first-order valence-corrected chi connectivity index (χ1v) is 10.8. The Hall–Kier alpha value is -1.34. The summed E-state index contributed by atoms with van der Waals surface area (Å²) in [7, 11) is 1.69. The van der Waals surface area contributed by atoms with Gasteiger partial charge in [0.05, 0.1) is 12.7 Å². The lowest BCUT2D eigenvalue weighted by molar-refractivity contribution is -0.0537. The Morgan fingerprint density at radius 3 is 2.54 bits per heavy atom. The fraction of sp³-hybridized carbons (Fsp3) is 0.727. The highest BCUT2D eigenvalue weighted by molar-refractivity contribution is 5.49. The summed E-state index contributed by atoms with van der Waals surface area (Å²) >= 11 is 0. The Labute approximate surface area is 168 Å². The van der Waals surface area contributed by atoms with E-state index in [1.54, 1.807) is 7.11 Å². The molecule has 6 nitrogen and oxygen atoms in total. The van der Waals surface area contributed by atoms with Crippen molar-refractivity contribution in [3.05, 3.63) is 24.3 Å². The van der Waals surface area contributed by atoms with E-state index in [1.807, 2.05) is 12.1 Å². The highest BCUT2D eigenvalue weighted by Gasteiger charge is 2.41. The van der Waals surface area contributed by atoms with Crippen LogP contribution in [0, 0.1) is 0 Å². The molecule has 3 aliphatic rings. The molecule has 2 N–H and O–H groups in total. The predicted octanol–water partition coefficient (Wildman–Crippen LogP) is 1.56. The van der Waals surface area contributed by atoms with E-state index in [0.717, 1.165) is 57.7 Å². The number of piperidine rings is 1. The minimum atomic E-state index is -0.628. The fourth-order valence-corrected chi connectivity index (χ4v) is 5.28. The van der Waals surface area contributed by atoms with Crippen LogP contribution in [0.2, 0.25) is 0 Å². The van der Waals surface area contributed by atoms with Crippen molar-refractivity contribution >= 4 is 5.69 Å². The number of benzene rings is 1. The van der Waals surface area contributed by atoms with Crippen LogP contribution < -0.4 is 9.64 Å². The van der Waals surface area contributed by atoms with Gasteiger partial charge in [-0.2, -0.15) is 0 Å². The smallest absolute Gasteiger partial charge is 0.119 e. The molecule has 0 aromatic heterocycles. The molecule has 0 aliphatic carbocycles. The van der Waals surface area contributed by atoms with Crippen LogP contribution in [-0.4, -0.2) is 90.7 Å². The van der Waals surface area contributed by atoms with Crippen LogP contribution in [0.5, 0.6) is 5.75 Å². The molecule has 0 bridgehead atoms. The van der Waals surface area contributed by atoms with Crippen LogP contribution in [-0.2, 0) is 0 Å². The number of aliphatic hydroxyl groups is 2. The molecule has 156 valence electrons. The Morgan fingerprint density at radius 1 is 1.11 bits per heavy atom. The number of nitrogens with zero attached hydrogens (tertiary/aromatic N) is 3. The van der Waals surface area contributed by atoms with E-state index in [4.69, 9.17) is 4.74 Å². The van der Waals surface area contributed by atoms with Gasteiger partial charge in [0.25, 0.3) is 0 Å². The highest BCUT2D eigenvalue weighted by atomic mass is 16.5. The molecule has 3 heterocycles. The van der Waals surface area contributed by atoms with Crippen molar-refractivity contribution in [2.45, 2.75) is 49.8 Å². The number of ether oxygens (including phenoxy) is 1. The number of aliphatic hydroxyl groups excluding tert-OH is 1. The zero-order valence-electron chi connectivity index (χ0n) is 17.1. The van der Waals surface area contributed by atoms with Gasteiger partial charge in [-0.05, 0) is 62.9 Å². The van der Waals surface area contributed by atoms with E-state index in [1.165, 1.54) is 25.1 Å². The average Bonchev–Trinajstić information content (AvgIpc) is 3.16. The second-order valence-electron chi connectivity index (χ2n) is 8.80. The van der Waals surface area contributed by atoms with Gasteiger partial charge in [-0.1, -0.05) is 0 Å². The number of piperazine rings is 1. The van der Waals surface area contributed by atoms with Crippen molar-refractivity contribution < 1.29 is 14.9 Å². The van der Waals surface area contributed by atoms with Crippen LogP contribution in [0.3, 0.4) is 0 Å². The Kier molecular flexibility index (Phi) is 6.11. The first-order chi connectivity index (χ1) is 13.6. The first kappa shape index (κ1) is 20.0. The fourth-order valence-electron chi connectivity index (χ4n) is 5.28. The molecule has 0 saturated carbocycles. The molecular formula is C22H35N3O3. The van der Waals surface area contributed by atoms with Crippen LogP contribution in [0.25, 0.3) is 0 Å². The molecule has 1 aromatic carbocycles. The Morgan fingerprint density at radius 2 is 1.86 bits per heavy atom. The average molecular weight is 390 g/mol. The van der Waals surface area contributed by atoms with Gasteiger partial charge in [0, 0.05) is 57.1 Å². The molecule has 2 atom stereocenters. The SMILES string of the molecule is COc1ccc(N2CCC(O)(CN3C[C@H]4CCCN4C[C@@H]3CCO)CC2)cc1. The molecule has 3 saturated heterocycles. The number of hydrogen-bond acceptors (Lipinski definition) is 6. The van der Waals surface area contributed by atoms with E-state index in [-0.39, 0.29) is 6.61 Å². The maximum Gasteiger partial charge on any atom is 0.119 e. The molecule has 3 fully saturated rings. The number of β-amino-alcohol motifs (C(OH)–C–C–N with tert-alkyl or cyclic N) is 1. The van der Waals surface area contributed by atoms with Crippen molar-refractivity contribution in [1.82, 2.24) is 9.80 Å². The van der Waals surface area contributed by atoms with Gasteiger partial charge in [-0.3, -0.25) is 9.80 Å². The third-order valence-electron chi connectivity index (χ3n) is 7.00. The van der Waals surface area contributed by atoms with E-state index in [2.05, 4.69) is 26.8 Å². The Bertz CT molecular complexity index is 630. The summed E-state index contributed by atoms with van der Waals surface area (Å²) in [6.07, 6.45) is 4.93. The summed E-state index contributed by atoms with van der Waals surface area (Å²) in [6.45, 7) is 5.98. The summed E-state index contributed by atoms with van der Waals surface area (Å²) in [4.78, 5) is 7.42. The predicted molar refractivity (Wildman–Crippen MR) is 111 cm³/mol. The van der Waals surface area contributed by atoms with Crippen molar-refractivity contribution in [2.75, 3.05) is 57.9 Å². The molecular weight excluding hydrogens is 354 g/mol. The van der Waals surface area contributed by atoms with Gasteiger partial charge in [0.1, 0.15) is 5.75 Å². The van der Waals surface area contributed by atoms with Crippen LogP contribution >= 0.6 is 0 Å². The Balaban J connectivity index is 1.36. The normalized spacial score (nSPS) is 28.3.